The van der Waals surface area contributed by atoms with Crippen molar-refractivity contribution >= 4 is 27.9 Å². The predicted octanol–water partition coefficient (Wildman–Crippen LogP) is 4.65. The van der Waals surface area contributed by atoms with E-state index in [-0.39, 0.29) is 5.78 Å². The molecule has 0 saturated heterocycles. The Morgan fingerprint density at radius 2 is 2.00 bits per heavy atom. The van der Waals surface area contributed by atoms with Crippen molar-refractivity contribution in [3.8, 4) is 16.6 Å². The van der Waals surface area contributed by atoms with Crippen LogP contribution in [-0.2, 0) is 0 Å². The Morgan fingerprint density at radius 1 is 1.23 bits per heavy atom. The highest BCUT2D eigenvalue weighted by molar-refractivity contribution is 7.17. The van der Waals surface area contributed by atoms with Crippen LogP contribution in [0, 0.1) is 25.2 Å². The summed E-state index contributed by atoms with van der Waals surface area (Å²) in [6.07, 6.45) is 0. The van der Waals surface area contributed by atoms with Gasteiger partial charge in [0.1, 0.15) is 5.01 Å². The Kier molecular flexibility index (Phi) is 3.51. The molecule has 3 rings (SSSR count). The van der Waals surface area contributed by atoms with Gasteiger partial charge in [0.25, 0.3) is 0 Å². The quantitative estimate of drug-likeness (QED) is 0.647. The van der Waals surface area contributed by atoms with E-state index in [4.69, 9.17) is 0 Å². The van der Waals surface area contributed by atoms with Crippen LogP contribution < -0.4 is 0 Å². The lowest BCUT2D eigenvalue weighted by molar-refractivity contribution is 0.102. The molecule has 0 bridgehead atoms. The molecule has 0 spiro atoms. The predicted molar refractivity (Wildman–Crippen MR) is 89.2 cm³/mol. The molecular weight excluding hydrogens is 292 g/mol. The van der Waals surface area contributed by atoms with E-state index in [1.54, 1.807) is 6.92 Å². The molecule has 0 atom stereocenters. The van der Waals surface area contributed by atoms with Crippen LogP contribution in [0.4, 0.5) is 0 Å². The maximum absolute atomic E-state index is 11.6. The molecule has 0 saturated carbocycles. The van der Waals surface area contributed by atoms with E-state index < -0.39 is 0 Å². The molecule has 3 aromatic rings. The molecule has 0 radical (unpaired) electrons. The summed E-state index contributed by atoms with van der Waals surface area (Å²) in [6.45, 7) is 5.42. The summed E-state index contributed by atoms with van der Waals surface area (Å²) in [5.41, 5.74) is 3.39. The maximum Gasteiger partial charge on any atom is 0.171 e. The lowest BCUT2D eigenvalue weighted by Crippen LogP contribution is -1.89. The van der Waals surface area contributed by atoms with Gasteiger partial charge in [-0.05, 0) is 42.3 Å². The minimum atomic E-state index is 0.0266. The molecule has 108 valence electrons. The molecule has 2 aromatic carbocycles. The second kappa shape index (κ2) is 5.36. The van der Waals surface area contributed by atoms with E-state index in [9.17, 15) is 10.1 Å². The van der Waals surface area contributed by atoms with Gasteiger partial charge in [0.15, 0.2) is 5.78 Å². The Balaban J connectivity index is 2.28. The number of ketones is 1. The fourth-order valence-electron chi connectivity index (χ4n) is 2.60. The van der Waals surface area contributed by atoms with Crippen molar-refractivity contribution in [2.75, 3.05) is 0 Å². The SMILES string of the molecule is CC(=O)c1sc(-c2cc(C#N)c3cccc(C)c3c2)nc1C. The van der Waals surface area contributed by atoms with Crippen LogP contribution in [0.5, 0.6) is 0 Å². The summed E-state index contributed by atoms with van der Waals surface area (Å²) in [6, 6.07) is 12.1. The third-order valence-electron chi connectivity index (χ3n) is 3.70. The fourth-order valence-corrected chi connectivity index (χ4v) is 3.55. The molecule has 0 unspecified atom stereocenters. The molecule has 0 N–H and O–H groups in total. The van der Waals surface area contributed by atoms with Crippen molar-refractivity contribution in [1.82, 2.24) is 4.98 Å². The van der Waals surface area contributed by atoms with E-state index in [2.05, 4.69) is 11.1 Å². The van der Waals surface area contributed by atoms with E-state index in [0.29, 0.717) is 10.4 Å². The zero-order valence-electron chi connectivity index (χ0n) is 12.6. The molecular formula is C18H14N2OS. The van der Waals surface area contributed by atoms with Gasteiger partial charge in [-0.25, -0.2) is 4.98 Å². The van der Waals surface area contributed by atoms with Crippen molar-refractivity contribution in [1.29, 1.82) is 5.26 Å². The second-order valence-corrected chi connectivity index (χ2v) is 6.29. The minimum Gasteiger partial charge on any atom is -0.294 e. The molecule has 1 heterocycles. The molecule has 0 aliphatic carbocycles. The number of nitriles is 1. The van der Waals surface area contributed by atoms with Crippen molar-refractivity contribution in [2.24, 2.45) is 0 Å². The van der Waals surface area contributed by atoms with Crippen LogP contribution >= 0.6 is 11.3 Å². The Morgan fingerprint density at radius 3 is 2.64 bits per heavy atom. The first-order chi connectivity index (χ1) is 10.5. The van der Waals surface area contributed by atoms with Crippen molar-refractivity contribution in [2.45, 2.75) is 20.8 Å². The topological polar surface area (TPSA) is 53.8 Å². The van der Waals surface area contributed by atoms with E-state index >= 15 is 0 Å². The van der Waals surface area contributed by atoms with E-state index in [1.807, 2.05) is 44.2 Å². The Bertz CT molecular complexity index is 948. The first-order valence-electron chi connectivity index (χ1n) is 6.93. The van der Waals surface area contributed by atoms with Crippen LogP contribution in [0.2, 0.25) is 0 Å². The number of carbonyl (C=O) groups excluding carboxylic acids is 1. The second-order valence-electron chi connectivity index (χ2n) is 5.30. The largest absolute Gasteiger partial charge is 0.294 e. The number of thiazole rings is 1. The summed E-state index contributed by atoms with van der Waals surface area (Å²) in [5.74, 6) is 0.0266. The van der Waals surface area contributed by atoms with Crippen LogP contribution in [0.25, 0.3) is 21.3 Å². The van der Waals surface area contributed by atoms with Crippen LogP contribution in [-0.4, -0.2) is 10.8 Å². The Labute approximate surface area is 132 Å². The highest BCUT2D eigenvalue weighted by atomic mass is 32.1. The van der Waals surface area contributed by atoms with Gasteiger partial charge >= 0.3 is 0 Å². The van der Waals surface area contributed by atoms with Crippen LogP contribution in [0.15, 0.2) is 30.3 Å². The highest BCUT2D eigenvalue weighted by Crippen LogP contribution is 2.33. The number of Topliss-reactive ketones (excluding diaryl/α,β-unsaturated/α-hetero) is 1. The lowest BCUT2D eigenvalue weighted by atomic mass is 9.98. The number of benzene rings is 2. The van der Waals surface area contributed by atoms with Gasteiger partial charge < -0.3 is 0 Å². The van der Waals surface area contributed by atoms with Gasteiger partial charge in [-0.15, -0.1) is 11.3 Å². The van der Waals surface area contributed by atoms with Crippen molar-refractivity contribution in [3.05, 3.63) is 52.0 Å². The van der Waals surface area contributed by atoms with Gasteiger partial charge in [0, 0.05) is 12.5 Å². The highest BCUT2D eigenvalue weighted by Gasteiger charge is 2.14. The van der Waals surface area contributed by atoms with E-state index in [0.717, 1.165) is 32.6 Å². The molecule has 0 fully saturated rings. The molecule has 0 aliphatic heterocycles. The van der Waals surface area contributed by atoms with E-state index in [1.165, 1.54) is 11.3 Å². The summed E-state index contributed by atoms with van der Waals surface area (Å²) in [4.78, 5) is 16.8. The number of fused-ring (bicyclic) bond motifs is 1. The first kappa shape index (κ1) is 14.4. The third-order valence-corrected chi connectivity index (χ3v) is 5.01. The molecule has 4 heteroatoms. The van der Waals surface area contributed by atoms with Crippen LogP contribution in [0.1, 0.15) is 33.4 Å². The molecule has 22 heavy (non-hydrogen) atoms. The van der Waals surface area contributed by atoms with Gasteiger partial charge in [0.2, 0.25) is 0 Å². The average molecular weight is 306 g/mol. The number of nitrogens with zero attached hydrogens (tertiary/aromatic N) is 2. The van der Waals surface area contributed by atoms with Gasteiger partial charge in [-0.3, -0.25) is 4.79 Å². The third kappa shape index (κ3) is 2.30. The molecule has 0 amide bonds. The van der Waals surface area contributed by atoms with Gasteiger partial charge in [-0.1, -0.05) is 18.2 Å². The van der Waals surface area contributed by atoms with Gasteiger partial charge in [-0.2, -0.15) is 5.26 Å². The summed E-state index contributed by atoms with van der Waals surface area (Å²) >= 11 is 1.38. The normalized spacial score (nSPS) is 10.6. The number of hydrogen-bond donors (Lipinski definition) is 0. The molecule has 3 nitrogen and oxygen atoms in total. The van der Waals surface area contributed by atoms with Gasteiger partial charge in [0.05, 0.1) is 22.2 Å². The summed E-state index contributed by atoms with van der Waals surface area (Å²) < 4.78 is 0. The molecule has 1 aromatic heterocycles. The van der Waals surface area contributed by atoms with Crippen molar-refractivity contribution < 1.29 is 4.79 Å². The number of aromatic nitrogens is 1. The Hall–Kier alpha value is -2.51. The molecule has 0 aliphatic rings. The zero-order chi connectivity index (χ0) is 15.9. The number of aryl methyl sites for hydroxylation is 2. The monoisotopic (exact) mass is 306 g/mol. The van der Waals surface area contributed by atoms with Crippen molar-refractivity contribution in [3.63, 3.8) is 0 Å². The number of rotatable bonds is 2. The standard InChI is InChI=1S/C18H14N2OS/c1-10-5-4-6-15-14(9-19)7-13(8-16(10)15)18-20-11(2)17(22-18)12(3)21/h4-8H,1-3H3. The minimum absolute atomic E-state index is 0.0266. The maximum atomic E-state index is 11.6. The number of hydrogen-bond acceptors (Lipinski definition) is 4. The summed E-state index contributed by atoms with van der Waals surface area (Å²) in [5, 5.41) is 12.2. The first-order valence-corrected chi connectivity index (χ1v) is 7.75. The lowest BCUT2D eigenvalue weighted by Gasteiger charge is -2.06. The fraction of sp³-hybridized carbons (Fsp3) is 0.167. The number of carbonyl (C=O) groups is 1. The summed E-state index contributed by atoms with van der Waals surface area (Å²) in [7, 11) is 0. The zero-order valence-corrected chi connectivity index (χ0v) is 13.4. The average Bonchev–Trinajstić information content (AvgIpc) is 2.89. The van der Waals surface area contributed by atoms with Crippen LogP contribution in [0.3, 0.4) is 0 Å². The smallest absolute Gasteiger partial charge is 0.171 e.